The van der Waals surface area contributed by atoms with Gasteiger partial charge in [0.1, 0.15) is 5.69 Å². The molecule has 0 spiro atoms. The molecule has 0 saturated carbocycles. The van der Waals surface area contributed by atoms with Crippen LogP contribution in [0.5, 0.6) is 0 Å². The van der Waals surface area contributed by atoms with Crippen LogP contribution in [0, 0.1) is 0 Å². The van der Waals surface area contributed by atoms with Crippen molar-refractivity contribution in [3.05, 3.63) is 18.0 Å². The summed E-state index contributed by atoms with van der Waals surface area (Å²) < 4.78 is 43.4. The molecular weight excluding hydrogens is 285 g/mol. The topological polar surface area (TPSA) is 50.3 Å². The van der Waals surface area contributed by atoms with Crippen molar-refractivity contribution >= 4 is 5.95 Å². The van der Waals surface area contributed by atoms with Gasteiger partial charge in [-0.1, -0.05) is 0 Å². The Morgan fingerprint density at radius 3 is 3.10 bits per heavy atom. The van der Waals surface area contributed by atoms with Gasteiger partial charge in [-0.3, -0.25) is 4.90 Å². The predicted molar refractivity (Wildman–Crippen MR) is 69.9 cm³/mol. The maximum Gasteiger partial charge on any atom is 0.433 e. The van der Waals surface area contributed by atoms with Crippen LogP contribution in [0.1, 0.15) is 18.5 Å². The van der Waals surface area contributed by atoms with Crippen molar-refractivity contribution in [1.82, 2.24) is 14.9 Å². The van der Waals surface area contributed by atoms with Gasteiger partial charge in [-0.2, -0.15) is 13.2 Å². The highest BCUT2D eigenvalue weighted by Crippen LogP contribution is 2.27. The van der Waals surface area contributed by atoms with Crippen molar-refractivity contribution in [2.75, 3.05) is 31.6 Å². The second kappa shape index (κ2) is 5.76. The van der Waals surface area contributed by atoms with Gasteiger partial charge in [0.05, 0.1) is 12.7 Å². The smallest absolute Gasteiger partial charge is 0.373 e. The summed E-state index contributed by atoms with van der Waals surface area (Å²) in [5.41, 5.74) is -0.941. The highest BCUT2D eigenvalue weighted by Gasteiger charge is 2.34. The molecule has 0 aliphatic carbocycles. The first kappa shape index (κ1) is 14.5. The lowest BCUT2D eigenvalue weighted by molar-refractivity contribution is -0.141. The first-order valence-electron chi connectivity index (χ1n) is 7.02. The Labute approximate surface area is 120 Å². The van der Waals surface area contributed by atoms with Gasteiger partial charge >= 0.3 is 6.18 Å². The molecule has 3 rings (SSSR count). The average molecular weight is 302 g/mol. The molecule has 0 radical (unpaired) electrons. The van der Waals surface area contributed by atoms with E-state index >= 15 is 0 Å². The summed E-state index contributed by atoms with van der Waals surface area (Å²) in [7, 11) is 0. The fourth-order valence-electron chi connectivity index (χ4n) is 2.82. The number of aromatic nitrogens is 2. The lowest BCUT2D eigenvalue weighted by atomic mass is 10.2. The molecule has 0 bridgehead atoms. The fraction of sp³-hybridized carbons (Fsp3) is 0.692. The van der Waals surface area contributed by atoms with E-state index in [1.807, 2.05) is 0 Å². The van der Waals surface area contributed by atoms with Gasteiger partial charge in [-0.25, -0.2) is 9.97 Å². The molecule has 1 aromatic heterocycles. The Morgan fingerprint density at radius 1 is 1.43 bits per heavy atom. The van der Waals surface area contributed by atoms with Gasteiger partial charge in [-0.15, -0.1) is 0 Å². The molecule has 1 N–H and O–H groups in total. The van der Waals surface area contributed by atoms with E-state index in [4.69, 9.17) is 4.74 Å². The number of hydrogen-bond donors (Lipinski definition) is 1. The number of halogens is 3. The molecule has 2 saturated heterocycles. The SMILES string of the molecule is FC(F)(F)c1ccnc(NCC2CN3CCCC3CO2)n1. The Kier molecular flexibility index (Phi) is 3.99. The summed E-state index contributed by atoms with van der Waals surface area (Å²) in [6.45, 7) is 2.97. The molecule has 0 amide bonds. The molecule has 1 aromatic rings. The summed E-state index contributed by atoms with van der Waals surface area (Å²) >= 11 is 0. The molecule has 2 atom stereocenters. The Bertz CT molecular complexity index is 497. The van der Waals surface area contributed by atoms with E-state index in [1.54, 1.807) is 0 Å². The van der Waals surface area contributed by atoms with Crippen molar-refractivity contribution in [2.45, 2.75) is 31.2 Å². The van der Waals surface area contributed by atoms with Gasteiger partial charge in [0.25, 0.3) is 0 Å². The fourth-order valence-corrected chi connectivity index (χ4v) is 2.82. The number of rotatable bonds is 3. The highest BCUT2D eigenvalue weighted by atomic mass is 19.4. The molecule has 2 unspecified atom stereocenters. The second-order valence-corrected chi connectivity index (χ2v) is 5.39. The van der Waals surface area contributed by atoms with Gasteiger partial charge in [0.2, 0.25) is 5.95 Å². The Hall–Kier alpha value is -1.41. The Morgan fingerprint density at radius 2 is 2.29 bits per heavy atom. The number of fused-ring (bicyclic) bond motifs is 1. The van der Waals surface area contributed by atoms with Crippen molar-refractivity contribution in [2.24, 2.45) is 0 Å². The average Bonchev–Trinajstić information content (AvgIpc) is 2.92. The molecule has 2 aliphatic rings. The van der Waals surface area contributed by atoms with Crippen molar-refractivity contribution in [3.8, 4) is 0 Å². The van der Waals surface area contributed by atoms with Crippen LogP contribution in [0.3, 0.4) is 0 Å². The predicted octanol–water partition coefficient (Wildman–Crippen LogP) is 1.77. The standard InChI is InChI=1S/C13H17F3N4O/c14-13(15,16)11-3-4-17-12(19-11)18-6-10-7-20-5-1-2-9(20)8-21-10/h3-4,9-10H,1-2,5-8H2,(H,17,18,19). The zero-order valence-corrected chi connectivity index (χ0v) is 11.4. The molecule has 5 nitrogen and oxygen atoms in total. The van der Waals surface area contributed by atoms with Gasteiger partial charge < -0.3 is 10.1 Å². The van der Waals surface area contributed by atoms with Crippen LogP contribution in [0.2, 0.25) is 0 Å². The van der Waals surface area contributed by atoms with Crippen LogP contribution in [0.15, 0.2) is 12.3 Å². The quantitative estimate of drug-likeness (QED) is 0.922. The van der Waals surface area contributed by atoms with E-state index in [1.165, 1.54) is 6.42 Å². The normalized spacial score (nSPS) is 26.6. The van der Waals surface area contributed by atoms with E-state index < -0.39 is 11.9 Å². The summed E-state index contributed by atoms with van der Waals surface area (Å²) in [6, 6.07) is 1.36. The van der Waals surface area contributed by atoms with Crippen LogP contribution in [0.4, 0.5) is 19.1 Å². The second-order valence-electron chi connectivity index (χ2n) is 5.39. The van der Waals surface area contributed by atoms with E-state index in [0.29, 0.717) is 19.2 Å². The van der Waals surface area contributed by atoms with Gasteiger partial charge in [-0.05, 0) is 25.5 Å². The summed E-state index contributed by atoms with van der Waals surface area (Å²) in [6.07, 6.45) is -1.04. The van der Waals surface area contributed by atoms with E-state index in [2.05, 4.69) is 20.2 Å². The number of anilines is 1. The molecule has 0 aromatic carbocycles. The third-order valence-corrected chi connectivity index (χ3v) is 3.90. The zero-order chi connectivity index (χ0) is 14.9. The number of nitrogens with one attached hydrogen (secondary N) is 1. The minimum absolute atomic E-state index is 0.0167. The summed E-state index contributed by atoms with van der Waals surface area (Å²) in [5.74, 6) is -0.0167. The number of morpholine rings is 1. The van der Waals surface area contributed by atoms with Gasteiger partial charge in [0.15, 0.2) is 0 Å². The van der Waals surface area contributed by atoms with E-state index in [0.717, 1.165) is 31.8 Å². The molecule has 21 heavy (non-hydrogen) atoms. The first-order valence-corrected chi connectivity index (χ1v) is 7.02. The summed E-state index contributed by atoms with van der Waals surface area (Å²) in [5, 5.41) is 2.83. The van der Waals surface area contributed by atoms with Crippen molar-refractivity contribution in [3.63, 3.8) is 0 Å². The third kappa shape index (κ3) is 3.44. The van der Waals surface area contributed by atoms with Crippen molar-refractivity contribution in [1.29, 1.82) is 0 Å². The largest absolute Gasteiger partial charge is 0.433 e. The molecular formula is C13H17F3N4O. The minimum atomic E-state index is -4.45. The molecule has 3 heterocycles. The van der Waals surface area contributed by atoms with Gasteiger partial charge in [0, 0.05) is 25.3 Å². The lowest BCUT2D eigenvalue weighted by Crippen LogP contribution is -2.48. The van der Waals surface area contributed by atoms with Crippen LogP contribution >= 0.6 is 0 Å². The minimum Gasteiger partial charge on any atom is -0.373 e. The highest BCUT2D eigenvalue weighted by molar-refractivity contribution is 5.26. The molecule has 2 fully saturated rings. The van der Waals surface area contributed by atoms with Crippen LogP contribution in [-0.2, 0) is 10.9 Å². The number of ether oxygens (including phenoxy) is 1. The van der Waals surface area contributed by atoms with Crippen molar-refractivity contribution < 1.29 is 17.9 Å². The maximum absolute atomic E-state index is 12.6. The van der Waals surface area contributed by atoms with Crippen LogP contribution in [-0.4, -0.2) is 53.3 Å². The number of alkyl halides is 3. The van der Waals surface area contributed by atoms with E-state index in [-0.39, 0.29) is 12.1 Å². The maximum atomic E-state index is 12.6. The summed E-state index contributed by atoms with van der Waals surface area (Å²) in [4.78, 5) is 9.67. The lowest BCUT2D eigenvalue weighted by Gasteiger charge is -2.35. The van der Waals surface area contributed by atoms with Crippen LogP contribution < -0.4 is 5.32 Å². The molecule has 8 heteroatoms. The molecule has 2 aliphatic heterocycles. The zero-order valence-electron chi connectivity index (χ0n) is 11.4. The number of hydrogen-bond acceptors (Lipinski definition) is 5. The molecule has 116 valence electrons. The van der Waals surface area contributed by atoms with E-state index in [9.17, 15) is 13.2 Å². The number of nitrogens with zero attached hydrogens (tertiary/aromatic N) is 3. The Balaban J connectivity index is 1.55. The third-order valence-electron chi connectivity index (χ3n) is 3.90. The van der Waals surface area contributed by atoms with Crippen LogP contribution in [0.25, 0.3) is 0 Å². The monoisotopic (exact) mass is 302 g/mol. The first-order chi connectivity index (χ1) is 10.0.